The summed E-state index contributed by atoms with van der Waals surface area (Å²) in [6, 6.07) is 0. The van der Waals surface area contributed by atoms with Gasteiger partial charge in [0.25, 0.3) is 0 Å². The Bertz CT molecular complexity index is 570. The first-order chi connectivity index (χ1) is 12.3. The van der Waals surface area contributed by atoms with Gasteiger partial charge in [-0.15, -0.1) is 0 Å². The summed E-state index contributed by atoms with van der Waals surface area (Å²) in [4.78, 5) is 49.4. The van der Waals surface area contributed by atoms with Gasteiger partial charge in [-0.3, -0.25) is 24.1 Å². The van der Waals surface area contributed by atoms with E-state index < -0.39 is 0 Å². The normalized spacial score (nSPS) is 18.1. The molecule has 1 aliphatic heterocycles. The zero-order valence-electron chi connectivity index (χ0n) is 17.8. The number of rotatable bonds is 9. The van der Waals surface area contributed by atoms with Gasteiger partial charge in [-0.2, -0.15) is 0 Å². The molecule has 0 aromatic carbocycles. The predicted molar refractivity (Wildman–Crippen MR) is 105 cm³/mol. The van der Waals surface area contributed by atoms with Crippen molar-refractivity contribution in [1.82, 2.24) is 10.2 Å². The Hall–Kier alpha value is -1.72. The lowest BCUT2D eigenvalue weighted by Gasteiger charge is -2.24. The molecule has 6 nitrogen and oxygen atoms in total. The maximum absolute atomic E-state index is 12.4. The molecule has 0 bridgehead atoms. The minimum atomic E-state index is -0.302. The Kier molecular flexibility index (Phi) is 8.18. The summed E-state index contributed by atoms with van der Waals surface area (Å²) in [5, 5.41) is 2.82. The van der Waals surface area contributed by atoms with Gasteiger partial charge in [0.2, 0.25) is 17.7 Å². The fourth-order valence-electron chi connectivity index (χ4n) is 3.09. The standard InChI is InChI=1S/C21H36N2O4/c1-20(2,3)15-14-18(26)23(19(15)27)13-11-17(25)22-12-9-7-8-10-16(24)21(4,5)6/h15H,7-14H2,1-6H3,(H,22,25). The van der Waals surface area contributed by atoms with E-state index in [1.54, 1.807) is 0 Å². The molecule has 0 aromatic heterocycles. The number of Topliss-reactive ketones (excluding diaryl/α,β-unsaturated/α-hetero) is 1. The predicted octanol–water partition coefficient (Wildman–Crippen LogP) is 3.09. The second kappa shape index (κ2) is 9.47. The van der Waals surface area contributed by atoms with E-state index in [0.717, 1.165) is 19.3 Å². The third-order valence-corrected chi connectivity index (χ3v) is 5.09. The van der Waals surface area contributed by atoms with Crippen LogP contribution in [0.4, 0.5) is 0 Å². The number of carbonyl (C=O) groups is 4. The number of unbranched alkanes of at least 4 members (excludes halogenated alkanes) is 2. The highest BCUT2D eigenvalue weighted by atomic mass is 16.2. The van der Waals surface area contributed by atoms with E-state index in [1.807, 2.05) is 41.5 Å². The van der Waals surface area contributed by atoms with Crippen LogP contribution in [-0.4, -0.2) is 41.5 Å². The molecule has 0 saturated carbocycles. The summed E-state index contributed by atoms with van der Waals surface area (Å²) in [7, 11) is 0. The fraction of sp³-hybridized carbons (Fsp3) is 0.810. The molecule has 1 aliphatic rings. The first kappa shape index (κ1) is 23.3. The SMILES string of the molecule is CC(C)(C)C(=O)CCCCCNC(=O)CCN1C(=O)CC(C(C)(C)C)C1=O. The Morgan fingerprint density at radius 1 is 1.00 bits per heavy atom. The summed E-state index contributed by atoms with van der Waals surface area (Å²) in [6.07, 6.45) is 3.48. The van der Waals surface area contributed by atoms with Crippen LogP contribution in [0.3, 0.4) is 0 Å². The Balaban J connectivity index is 2.22. The molecule has 1 unspecified atom stereocenters. The lowest BCUT2D eigenvalue weighted by molar-refractivity contribution is -0.140. The number of carbonyl (C=O) groups excluding carboxylic acids is 4. The maximum atomic E-state index is 12.4. The Morgan fingerprint density at radius 3 is 2.15 bits per heavy atom. The van der Waals surface area contributed by atoms with Gasteiger partial charge in [0.05, 0.1) is 5.92 Å². The largest absolute Gasteiger partial charge is 0.356 e. The molecule has 27 heavy (non-hydrogen) atoms. The third kappa shape index (κ3) is 7.43. The Labute approximate surface area is 163 Å². The summed E-state index contributed by atoms with van der Waals surface area (Å²) < 4.78 is 0. The molecule has 6 heteroatoms. The van der Waals surface area contributed by atoms with E-state index in [1.165, 1.54) is 4.90 Å². The van der Waals surface area contributed by atoms with E-state index in [9.17, 15) is 19.2 Å². The number of amides is 3. The number of hydrogen-bond acceptors (Lipinski definition) is 4. The zero-order valence-corrected chi connectivity index (χ0v) is 17.8. The second-order valence-electron chi connectivity index (χ2n) is 9.59. The topological polar surface area (TPSA) is 83.6 Å². The average molecular weight is 381 g/mol. The van der Waals surface area contributed by atoms with Crippen molar-refractivity contribution >= 4 is 23.5 Å². The molecule has 0 aromatic rings. The van der Waals surface area contributed by atoms with E-state index in [2.05, 4.69) is 5.32 Å². The highest BCUT2D eigenvalue weighted by Gasteiger charge is 2.44. The van der Waals surface area contributed by atoms with Crippen molar-refractivity contribution in [1.29, 1.82) is 0 Å². The smallest absolute Gasteiger partial charge is 0.233 e. The lowest BCUT2D eigenvalue weighted by Crippen LogP contribution is -2.37. The average Bonchev–Trinajstić information content (AvgIpc) is 2.82. The van der Waals surface area contributed by atoms with Gasteiger partial charge < -0.3 is 5.32 Å². The Morgan fingerprint density at radius 2 is 1.63 bits per heavy atom. The molecular formula is C21H36N2O4. The molecule has 1 saturated heterocycles. The van der Waals surface area contributed by atoms with E-state index >= 15 is 0 Å². The van der Waals surface area contributed by atoms with Crippen LogP contribution in [0, 0.1) is 16.7 Å². The number of imide groups is 1. The van der Waals surface area contributed by atoms with Crippen molar-refractivity contribution in [3.63, 3.8) is 0 Å². The van der Waals surface area contributed by atoms with Gasteiger partial charge in [-0.1, -0.05) is 48.0 Å². The number of hydrogen-bond donors (Lipinski definition) is 1. The van der Waals surface area contributed by atoms with E-state index in [0.29, 0.717) is 13.0 Å². The van der Waals surface area contributed by atoms with Gasteiger partial charge in [0.15, 0.2) is 0 Å². The van der Waals surface area contributed by atoms with Crippen LogP contribution in [0.5, 0.6) is 0 Å². The minimum Gasteiger partial charge on any atom is -0.356 e. The van der Waals surface area contributed by atoms with Crippen molar-refractivity contribution in [3.8, 4) is 0 Å². The fourth-order valence-corrected chi connectivity index (χ4v) is 3.09. The molecule has 3 amide bonds. The molecular weight excluding hydrogens is 344 g/mol. The van der Waals surface area contributed by atoms with E-state index in [4.69, 9.17) is 0 Å². The van der Waals surface area contributed by atoms with Gasteiger partial charge >= 0.3 is 0 Å². The van der Waals surface area contributed by atoms with Crippen molar-refractivity contribution in [2.75, 3.05) is 13.1 Å². The molecule has 1 atom stereocenters. The van der Waals surface area contributed by atoms with Crippen molar-refractivity contribution in [2.24, 2.45) is 16.7 Å². The first-order valence-electron chi connectivity index (χ1n) is 9.98. The van der Waals surface area contributed by atoms with E-state index in [-0.39, 0.29) is 59.6 Å². The zero-order chi connectivity index (χ0) is 20.8. The van der Waals surface area contributed by atoms with Crippen LogP contribution in [0.25, 0.3) is 0 Å². The van der Waals surface area contributed by atoms with Crippen LogP contribution < -0.4 is 5.32 Å². The molecule has 1 N–H and O–H groups in total. The lowest BCUT2D eigenvalue weighted by atomic mass is 9.80. The number of nitrogens with zero attached hydrogens (tertiary/aromatic N) is 1. The second-order valence-corrected chi connectivity index (χ2v) is 9.59. The van der Waals surface area contributed by atoms with Crippen LogP contribution in [0.15, 0.2) is 0 Å². The van der Waals surface area contributed by atoms with Gasteiger partial charge in [-0.25, -0.2) is 0 Å². The number of nitrogens with one attached hydrogen (secondary N) is 1. The molecule has 154 valence electrons. The first-order valence-corrected chi connectivity index (χ1v) is 9.98. The summed E-state index contributed by atoms with van der Waals surface area (Å²) in [6.45, 7) is 12.3. The quantitative estimate of drug-likeness (QED) is 0.492. The van der Waals surface area contributed by atoms with Gasteiger partial charge in [0.1, 0.15) is 5.78 Å². The number of ketones is 1. The summed E-state index contributed by atoms with van der Waals surface area (Å²) >= 11 is 0. The monoisotopic (exact) mass is 380 g/mol. The molecule has 0 spiro atoms. The molecule has 0 aliphatic carbocycles. The van der Waals surface area contributed by atoms with Crippen molar-refractivity contribution < 1.29 is 19.2 Å². The molecule has 0 radical (unpaired) electrons. The van der Waals surface area contributed by atoms with Crippen LogP contribution >= 0.6 is 0 Å². The highest BCUT2D eigenvalue weighted by Crippen LogP contribution is 2.35. The highest BCUT2D eigenvalue weighted by molar-refractivity contribution is 6.04. The van der Waals surface area contributed by atoms with Crippen LogP contribution in [0.1, 0.15) is 80.1 Å². The number of likely N-dealkylation sites (tertiary alicyclic amines) is 1. The molecule has 1 heterocycles. The minimum absolute atomic E-state index is 0.136. The maximum Gasteiger partial charge on any atom is 0.233 e. The van der Waals surface area contributed by atoms with Gasteiger partial charge in [0, 0.05) is 37.8 Å². The van der Waals surface area contributed by atoms with Crippen molar-refractivity contribution in [3.05, 3.63) is 0 Å². The summed E-state index contributed by atoms with van der Waals surface area (Å²) in [5.74, 6) is -0.537. The van der Waals surface area contributed by atoms with Crippen molar-refractivity contribution in [2.45, 2.75) is 80.1 Å². The summed E-state index contributed by atoms with van der Waals surface area (Å²) in [5.41, 5.74) is -0.539. The molecule has 1 rings (SSSR count). The van der Waals surface area contributed by atoms with Crippen LogP contribution in [-0.2, 0) is 19.2 Å². The molecule has 1 fully saturated rings. The van der Waals surface area contributed by atoms with Gasteiger partial charge in [-0.05, 0) is 18.3 Å². The third-order valence-electron chi connectivity index (χ3n) is 5.09. The van der Waals surface area contributed by atoms with Crippen LogP contribution in [0.2, 0.25) is 0 Å².